The van der Waals surface area contributed by atoms with E-state index in [4.69, 9.17) is 4.74 Å². The number of rotatable bonds is 6. The van der Waals surface area contributed by atoms with Crippen molar-refractivity contribution in [3.05, 3.63) is 29.8 Å². The zero-order valence-corrected chi connectivity index (χ0v) is 12.1. The first-order valence-electron chi connectivity index (χ1n) is 6.56. The van der Waals surface area contributed by atoms with Crippen LogP contribution in [0.5, 0.6) is 5.75 Å². The van der Waals surface area contributed by atoms with Crippen LogP contribution in [0.4, 0.5) is 13.2 Å². The number of halogens is 3. The summed E-state index contributed by atoms with van der Waals surface area (Å²) in [4.78, 5) is 0. The first kappa shape index (κ1) is 16.8. The number of hydrogen-bond acceptors (Lipinski definition) is 2. The molecule has 2 nitrogen and oxygen atoms in total. The van der Waals surface area contributed by atoms with Crippen LogP contribution in [0.15, 0.2) is 24.3 Å². The Balaban J connectivity index is 2.23. The minimum absolute atomic E-state index is 0.0413. The molecule has 0 saturated carbocycles. The first-order chi connectivity index (χ1) is 9.18. The molecule has 0 atom stereocenters. The van der Waals surface area contributed by atoms with Gasteiger partial charge in [0.25, 0.3) is 0 Å². The molecule has 0 radical (unpaired) electrons. The van der Waals surface area contributed by atoms with Crippen LogP contribution in [0.1, 0.15) is 32.8 Å². The molecule has 0 aliphatic carbocycles. The number of ether oxygens (including phenoxy) is 2. The van der Waals surface area contributed by atoms with Gasteiger partial charge in [0.15, 0.2) is 0 Å². The fourth-order valence-electron chi connectivity index (χ4n) is 1.59. The number of hydrogen-bond donors (Lipinski definition) is 0. The van der Waals surface area contributed by atoms with Gasteiger partial charge in [0, 0.05) is 6.42 Å². The molecule has 0 saturated heterocycles. The topological polar surface area (TPSA) is 18.5 Å². The lowest BCUT2D eigenvalue weighted by Crippen LogP contribution is -2.18. The van der Waals surface area contributed by atoms with E-state index in [-0.39, 0.29) is 12.0 Å². The van der Waals surface area contributed by atoms with Gasteiger partial charge < -0.3 is 9.47 Å². The van der Waals surface area contributed by atoms with Crippen LogP contribution in [-0.2, 0) is 10.2 Å². The largest absolute Gasteiger partial charge is 0.494 e. The molecule has 5 heteroatoms. The lowest BCUT2D eigenvalue weighted by atomic mass is 9.87. The summed E-state index contributed by atoms with van der Waals surface area (Å²) in [5.41, 5.74) is 1.29. The second kappa shape index (κ2) is 6.97. The van der Waals surface area contributed by atoms with Crippen molar-refractivity contribution in [1.29, 1.82) is 0 Å². The van der Waals surface area contributed by atoms with E-state index in [1.807, 2.05) is 24.3 Å². The van der Waals surface area contributed by atoms with Crippen molar-refractivity contribution < 1.29 is 22.6 Å². The summed E-state index contributed by atoms with van der Waals surface area (Å²) in [7, 11) is 0. The summed E-state index contributed by atoms with van der Waals surface area (Å²) in [6.07, 6.45) is -3.83. The van der Waals surface area contributed by atoms with Crippen molar-refractivity contribution in [2.45, 2.75) is 38.8 Å². The molecular formula is C15H21F3O2. The van der Waals surface area contributed by atoms with E-state index in [1.54, 1.807) is 0 Å². The molecule has 1 rings (SSSR count). The van der Waals surface area contributed by atoms with Gasteiger partial charge in [-0.1, -0.05) is 32.9 Å². The van der Waals surface area contributed by atoms with Gasteiger partial charge in [0.1, 0.15) is 12.4 Å². The fraction of sp³-hybridized carbons (Fsp3) is 0.600. The van der Waals surface area contributed by atoms with E-state index in [0.29, 0.717) is 18.8 Å². The van der Waals surface area contributed by atoms with Gasteiger partial charge in [-0.15, -0.1) is 0 Å². The van der Waals surface area contributed by atoms with Crippen molar-refractivity contribution >= 4 is 0 Å². The maximum Gasteiger partial charge on any atom is 0.411 e. The number of alkyl halides is 3. The minimum atomic E-state index is -4.26. The van der Waals surface area contributed by atoms with Crippen LogP contribution >= 0.6 is 0 Å². The highest BCUT2D eigenvalue weighted by atomic mass is 19.4. The molecule has 0 amide bonds. The lowest BCUT2D eigenvalue weighted by molar-refractivity contribution is -0.174. The van der Waals surface area contributed by atoms with Crippen LogP contribution in [0.2, 0.25) is 0 Å². The molecule has 0 aromatic heterocycles. The van der Waals surface area contributed by atoms with E-state index < -0.39 is 12.8 Å². The fourth-order valence-corrected chi connectivity index (χ4v) is 1.59. The molecule has 0 aliphatic rings. The van der Waals surface area contributed by atoms with E-state index >= 15 is 0 Å². The average molecular weight is 290 g/mol. The highest BCUT2D eigenvalue weighted by Gasteiger charge is 2.27. The zero-order valence-electron chi connectivity index (χ0n) is 12.1. The van der Waals surface area contributed by atoms with Gasteiger partial charge in [-0.25, -0.2) is 0 Å². The SMILES string of the molecule is CC(C)(C)c1ccc(OCCCOCC(F)(F)F)cc1. The third kappa shape index (κ3) is 6.80. The van der Waals surface area contributed by atoms with Crippen LogP contribution in [0.25, 0.3) is 0 Å². The van der Waals surface area contributed by atoms with Crippen molar-refractivity contribution in [3.8, 4) is 5.75 Å². The average Bonchev–Trinajstić information content (AvgIpc) is 2.32. The van der Waals surface area contributed by atoms with Gasteiger partial charge in [0.2, 0.25) is 0 Å². The summed E-state index contributed by atoms with van der Waals surface area (Å²) >= 11 is 0. The van der Waals surface area contributed by atoms with Gasteiger partial charge in [0.05, 0.1) is 13.2 Å². The Hall–Kier alpha value is -1.23. The molecule has 0 aliphatic heterocycles. The molecule has 114 valence electrons. The highest BCUT2D eigenvalue weighted by molar-refractivity contribution is 5.31. The Kier molecular flexibility index (Phi) is 5.87. The van der Waals surface area contributed by atoms with Gasteiger partial charge in [-0.2, -0.15) is 13.2 Å². The Labute approximate surface area is 117 Å². The normalized spacial score (nSPS) is 12.5. The van der Waals surface area contributed by atoms with E-state index in [9.17, 15) is 13.2 Å². The summed E-state index contributed by atoms with van der Waals surface area (Å²) in [6, 6.07) is 7.74. The second-order valence-electron chi connectivity index (χ2n) is 5.64. The first-order valence-corrected chi connectivity index (χ1v) is 6.56. The highest BCUT2D eigenvalue weighted by Crippen LogP contribution is 2.24. The molecule has 20 heavy (non-hydrogen) atoms. The van der Waals surface area contributed by atoms with Crippen molar-refractivity contribution in [2.24, 2.45) is 0 Å². The molecule has 1 aromatic rings. The monoisotopic (exact) mass is 290 g/mol. The Bertz CT molecular complexity index is 391. The molecule has 0 spiro atoms. The summed E-state index contributed by atoms with van der Waals surface area (Å²) < 4.78 is 45.4. The predicted molar refractivity (Wildman–Crippen MR) is 72.1 cm³/mol. The molecule has 0 N–H and O–H groups in total. The lowest BCUT2D eigenvalue weighted by Gasteiger charge is -2.19. The summed E-state index contributed by atoms with van der Waals surface area (Å²) in [5, 5.41) is 0. The number of benzene rings is 1. The van der Waals surface area contributed by atoms with Crippen molar-refractivity contribution in [1.82, 2.24) is 0 Å². The molecule has 0 heterocycles. The Morgan fingerprint density at radius 3 is 2.05 bits per heavy atom. The molecule has 0 bridgehead atoms. The minimum Gasteiger partial charge on any atom is -0.494 e. The van der Waals surface area contributed by atoms with Crippen LogP contribution in [-0.4, -0.2) is 26.0 Å². The maximum absolute atomic E-state index is 11.8. The maximum atomic E-state index is 11.8. The van der Waals surface area contributed by atoms with Crippen LogP contribution < -0.4 is 4.74 Å². The molecule has 0 fully saturated rings. The van der Waals surface area contributed by atoms with Crippen molar-refractivity contribution in [2.75, 3.05) is 19.8 Å². The standard InChI is InChI=1S/C15H21F3O2/c1-14(2,3)12-5-7-13(8-6-12)20-10-4-9-19-11-15(16,17)18/h5-8H,4,9-11H2,1-3H3. The summed E-state index contributed by atoms with van der Waals surface area (Å²) in [5.74, 6) is 0.717. The molecule has 1 aromatic carbocycles. The quantitative estimate of drug-likeness (QED) is 0.726. The predicted octanol–water partition coefficient (Wildman–Crippen LogP) is 4.33. The van der Waals surface area contributed by atoms with Crippen LogP contribution in [0, 0.1) is 0 Å². The van der Waals surface area contributed by atoms with Crippen LogP contribution in [0.3, 0.4) is 0 Å². The van der Waals surface area contributed by atoms with Crippen molar-refractivity contribution in [3.63, 3.8) is 0 Å². The summed E-state index contributed by atoms with van der Waals surface area (Å²) in [6.45, 7) is 5.56. The third-order valence-electron chi connectivity index (χ3n) is 2.69. The third-order valence-corrected chi connectivity index (χ3v) is 2.69. The molecular weight excluding hydrogens is 269 g/mol. The van der Waals surface area contributed by atoms with Gasteiger partial charge in [-0.3, -0.25) is 0 Å². The van der Waals surface area contributed by atoms with E-state index in [0.717, 1.165) is 0 Å². The Morgan fingerprint density at radius 2 is 1.55 bits per heavy atom. The second-order valence-corrected chi connectivity index (χ2v) is 5.64. The van der Waals surface area contributed by atoms with E-state index in [2.05, 4.69) is 25.5 Å². The van der Waals surface area contributed by atoms with Gasteiger partial charge >= 0.3 is 6.18 Å². The van der Waals surface area contributed by atoms with E-state index in [1.165, 1.54) is 5.56 Å². The smallest absolute Gasteiger partial charge is 0.411 e. The molecule has 0 unspecified atom stereocenters. The zero-order chi connectivity index (χ0) is 15.2. The van der Waals surface area contributed by atoms with Gasteiger partial charge in [-0.05, 0) is 23.1 Å². The Morgan fingerprint density at radius 1 is 0.950 bits per heavy atom.